The maximum atomic E-state index is 6.31. The van der Waals surface area contributed by atoms with Crippen molar-refractivity contribution in [2.45, 2.75) is 6.04 Å². The van der Waals surface area contributed by atoms with E-state index in [9.17, 15) is 0 Å². The van der Waals surface area contributed by atoms with E-state index >= 15 is 0 Å². The summed E-state index contributed by atoms with van der Waals surface area (Å²) in [7, 11) is 0. The minimum Gasteiger partial charge on any atom is -0.320 e. The zero-order valence-electron chi connectivity index (χ0n) is 11.1. The van der Waals surface area contributed by atoms with Gasteiger partial charge in [-0.05, 0) is 45.8 Å². The zero-order valence-corrected chi connectivity index (χ0v) is 13.4. The molecular weight excluding hydrogens is 350 g/mol. The van der Waals surface area contributed by atoms with Crippen molar-refractivity contribution in [2.24, 2.45) is 5.73 Å². The van der Waals surface area contributed by atoms with Crippen molar-refractivity contribution < 1.29 is 0 Å². The SMILES string of the molecule is NC(c1ccc(Cl)c(Br)c1)c1cnn(-c2ccccc2)c1. The van der Waals surface area contributed by atoms with Gasteiger partial charge in [0.1, 0.15) is 0 Å². The van der Waals surface area contributed by atoms with Gasteiger partial charge in [0.05, 0.1) is 22.9 Å². The topological polar surface area (TPSA) is 43.8 Å². The van der Waals surface area contributed by atoms with Gasteiger partial charge in [-0.25, -0.2) is 4.68 Å². The lowest BCUT2D eigenvalue weighted by atomic mass is 10.0. The van der Waals surface area contributed by atoms with Crippen molar-refractivity contribution in [1.29, 1.82) is 0 Å². The van der Waals surface area contributed by atoms with E-state index in [1.165, 1.54) is 0 Å². The molecule has 3 nitrogen and oxygen atoms in total. The second kappa shape index (κ2) is 6.02. The normalized spacial score (nSPS) is 12.3. The Balaban J connectivity index is 1.90. The quantitative estimate of drug-likeness (QED) is 0.753. The van der Waals surface area contributed by atoms with Crippen LogP contribution >= 0.6 is 27.5 Å². The zero-order chi connectivity index (χ0) is 14.8. The molecule has 0 saturated carbocycles. The summed E-state index contributed by atoms with van der Waals surface area (Å²) >= 11 is 9.43. The summed E-state index contributed by atoms with van der Waals surface area (Å²) < 4.78 is 2.66. The van der Waals surface area contributed by atoms with Gasteiger partial charge in [-0.15, -0.1) is 0 Å². The first kappa shape index (κ1) is 14.3. The molecule has 1 heterocycles. The first-order chi connectivity index (χ1) is 10.1. The molecule has 0 bridgehead atoms. The standard InChI is InChI=1S/C16H13BrClN3/c17-14-8-11(6-7-15(14)18)16(19)12-9-20-21(10-12)13-4-2-1-3-5-13/h1-10,16H,19H2. The highest BCUT2D eigenvalue weighted by Gasteiger charge is 2.13. The predicted molar refractivity (Wildman–Crippen MR) is 88.7 cm³/mol. The van der Waals surface area contributed by atoms with Crippen molar-refractivity contribution in [2.75, 3.05) is 0 Å². The fraction of sp³-hybridized carbons (Fsp3) is 0.0625. The highest BCUT2D eigenvalue weighted by atomic mass is 79.9. The summed E-state index contributed by atoms with van der Waals surface area (Å²) in [5.74, 6) is 0. The fourth-order valence-corrected chi connectivity index (χ4v) is 2.63. The number of rotatable bonds is 3. The monoisotopic (exact) mass is 361 g/mol. The Hall–Kier alpha value is -1.62. The Kier molecular flexibility index (Phi) is 4.10. The van der Waals surface area contributed by atoms with Gasteiger partial charge in [0, 0.05) is 16.2 Å². The van der Waals surface area contributed by atoms with E-state index in [1.807, 2.05) is 59.4 Å². The maximum absolute atomic E-state index is 6.31. The van der Waals surface area contributed by atoms with Crippen LogP contribution < -0.4 is 5.73 Å². The van der Waals surface area contributed by atoms with Crippen LogP contribution in [0.1, 0.15) is 17.2 Å². The first-order valence-corrected chi connectivity index (χ1v) is 7.63. The molecule has 0 saturated heterocycles. The van der Waals surface area contributed by atoms with Gasteiger partial charge in [0.25, 0.3) is 0 Å². The third kappa shape index (κ3) is 3.02. The Morgan fingerprint density at radius 3 is 2.57 bits per heavy atom. The van der Waals surface area contributed by atoms with E-state index in [-0.39, 0.29) is 6.04 Å². The number of hydrogen-bond acceptors (Lipinski definition) is 2. The van der Waals surface area contributed by atoms with Gasteiger partial charge in [-0.1, -0.05) is 35.9 Å². The molecule has 21 heavy (non-hydrogen) atoms. The largest absolute Gasteiger partial charge is 0.320 e. The van der Waals surface area contributed by atoms with E-state index < -0.39 is 0 Å². The summed E-state index contributed by atoms with van der Waals surface area (Å²) in [5.41, 5.74) is 9.25. The molecule has 3 rings (SSSR count). The Morgan fingerprint density at radius 1 is 1.10 bits per heavy atom. The van der Waals surface area contributed by atoms with Crippen LogP contribution in [0.4, 0.5) is 0 Å². The van der Waals surface area contributed by atoms with Crippen LogP contribution in [0.3, 0.4) is 0 Å². The molecule has 5 heteroatoms. The molecule has 0 spiro atoms. The molecule has 0 aliphatic carbocycles. The third-order valence-corrected chi connectivity index (χ3v) is 4.50. The molecule has 0 amide bonds. The van der Waals surface area contributed by atoms with Crippen LogP contribution in [-0.4, -0.2) is 9.78 Å². The molecule has 0 radical (unpaired) electrons. The summed E-state index contributed by atoms with van der Waals surface area (Å²) in [5, 5.41) is 5.04. The first-order valence-electron chi connectivity index (χ1n) is 6.45. The molecule has 2 aromatic carbocycles. The number of halogens is 2. The Labute approximate surface area is 136 Å². The molecule has 0 aliphatic rings. The van der Waals surface area contributed by atoms with Crippen LogP contribution in [0.5, 0.6) is 0 Å². The summed E-state index contributed by atoms with van der Waals surface area (Å²) in [6.45, 7) is 0. The number of nitrogens with zero attached hydrogens (tertiary/aromatic N) is 2. The average molecular weight is 363 g/mol. The Bertz CT molecular complexity index is 755. The molecule has 106 valence electrons. The van der Waals surface area contributed by atoms with Gasteiger partial charge < -0.3 is 5.73 Å². The van der Waals surface area contributed by atoms with Crippen LogP contribution in [0.25, 0.3) is 5.69 Å². The van der Waals surface area contributed by atoms with Gasteiger partial charge in [0.2, 0.25) is 0 Å². The predicted octanol–water partition coefficient (Wildman–Crippen LogP) is 4.34. The number of aromatic nitrogens is 2. The molecule has 2 N–H and O–H groups in total. The van der Waals surface area contributed by atoms with Crippen molar-refractivity contribution in [1.82, 2.24) is 9.78 Å². The van der Waals surface area contributed by atoms with Crippen LogP contribution in [0, 0.1) is 0 Å². The lowest BCUT2D eigenvalue weighted by molar-refractivity contribution is 0.861. The van der Waals surface area contributed by atoms with Gasteiger partial charge in [0.15, 0.2) is 0 Å². The van der Waals surface area contributed by atoms with Crippen molar-refractivity contribution >= 4 is 27.5 Å². The molecule has 0 aliphatic heterocycles. The number of nitrogens with two attached hydrogens (primary N) is 1. The molecule has 1 aromatic heterocycles. The molecular formula is C16H13BrClN3. The lowest BCUT2D eigenvalue weighted by Gasteiger charge is -2.11. The highest BCUT2D eigenvalue weighted by molar-refractivity contribution is 9.10. The summed E-state index contributed by atoms with van der Waals surface area (Å²) in [6.07, 6.45) is 3.74. The maximum Gasteiger partial charge on any atom is 0.0645 e. The molecule has 3 aromatic rings. The van der Waals surface area contributed by atoms with E-state index in [0.29, 0.717) is 5.02 Å². The second-order valence-corrected chi connectivity index (χ2v) is 5.97. The number of hydrogen-bond donors (Lipinski definition) is 1. The highest BCUT2D eigenvalue weighted by Crippen LogP contribution is 2.28. The molecule has 1 atom stereocenters. The summed E-state index contributed by atoms with van der Waals surface area (Å²) in [6, 6.07) is 15.4. The fourth-order valence-electron chi connectivity index (χ4n) is 2.12. The number of para-hydroxylation sites is 1. The number of benzene rings is 2. The third-order valence-electron chi connectivity index (χ3n) is 3.29. The van der Waals surface area contributed by atoms with Crippen molar-refractivity contribution in [3.63, 3.8) is 0 Å². The smallest absolute Gasteiger partial charge is 0.0645 e. The van der Waals surface area contributed by atoms with Crippen LogP contribution in [0.2, 0.25) is 5.02 Å². The van der Waals surface area contributed by atoms with E-state index in [1.54, 1.807) is 6.20 Å². The minimum absolute atomic E-state index is 0.240. The van der Waals surface area contributed by atoms with Gasteiger partial charge >= 0.3 is 0 Å². The molecule has 1 unspecified atom stereocenters. The van der Waals surface area contributed by atoms with Crippen LogP contribution in [0.15, 0.2) is 65.4 Å². The van der Waals surface area contributed by atoms with Crippen molar-refractivity contribution in [3.05, 3.63) is 81.5 Å². The second-order valence-electron chi connectivity index (χ2n) is 4.71. The van der Waals surface area contributed by atoms with E-state index in [0.717, 1.165) is 21.3 Å². The van der Waals surface area contributed by atoms with Gasteiger partial charge in [-0.2, -0.15) is 5.10 Å². The summed E-state index contributed by atoms with van der Waals surface area (Å²) in [4.78, 5) is 0. The van der Waals surface area contributed by atoms with E-state index in [2.05, 4.69) is 21.0 Å². The van der Waals surface area contributed by atoms with Crippen LogP contribution in [-0.2, 0) is 0 Å². The van der Waals surface area contributed by atoms with Gasteiger partial charge in [-0.3, -0.25) is 0 Å². The lowest BCUT2D eigenvalue weighted by Crippen LogP contribution is -2.11. The van der Waals surface area contributed by atoms with Crippen molar-refractivity contribution in [3.8, 4) is 5.69 Å². The molecule has 0 fully saturated rings. The average Bonchev–Trinajstić information content (AvgIpc) is 3.00. The Morgan fingerprint density at radius 2 is 1.86 bits per heavy atom. The minimum atomic E-state index is -0.240. The van der Waals surface area contributed by atoms with E-state index in [4.69, 9.17) is 17.3 Å².